The Morgan fingerprint density at radius 1 is 0.969 bits per heavy atom. The van der Waals surface area contributed by atoms with Gasteiger partial charge in [-0.15, -0.1) is 0 Å². The third-order valence-corrected chi connectivity index (χ3v) is 7.25. The molecular formula is C26H27N3O3. The molecule has 4 aliphatic rings. The number of aromatic hydroxyl groups is 1. The highest BCUT2D eigenvalue weighted by Crippen LogP contribution is 2.46. The maximum Gasteiger partial charge on any atom is 0.256 e. The van der Waals surface area contributed by atoms with Crippen molar-refractivity contribution in [1.29, 1.82) is 0 Å². The molecule has 6 rings (SSSR count). The van der Waals surface area contributed by atoms with Crippen LogP contribution >= 0.6 is 0 Å². The van der Waals surface area contributed by atoms with E-state index >= 15 is 0 Å². The second-order valence-electron chi connectivity index (χ2n) is 9.72. The molecule has 2 saturated carbocycles. The lowest BCUT2D eigenvalue weighted by atomic mass is 10.0. The Labute approximate surface area is 187 Å². The number of aliphatic imine (C=N–C) groups is 1. The Hall–Kier alpha value is -3.15. The number of amidine groups is 1. The standard InChI is InChI=1S/C26H27N3O3/c30-22-9-7-19(8-10-22)18-1-3-20(4-2-18)23-27-26(12-13-26)25(32)29(23)16-17-11-14-28(15-17)24(31)21-5-6-21/h1-4,7-10,17,21,30H,5-6,11-16H2/t17-/m1/s1. The van der Waals surface area contributed by atoms with Crippen LogP contribution in [0.15, 0.2) is 53.5 Å². The van der Waals surface area contributed by atoms with Crippen LogP contribution in [0.1, 0.15) is 37.7 Å². The summed E-state index contributed by atoms with van der Waals surface area (Å²) in [6.07, 6.45) is 4.67. The van der Waals surface area contributed by atoms with Gasteiger partial charge < -0.3 is 10.0 Å². The highest BCUT2D eigenvalue weighted by molar-refractivity contribution is 6.16. The van der Waals surface area contributed by atoms with Crippen molar-refractivity contribution in [2.75, 3.05) is 19.6 Å². The first-order chi connectivity index (χ1) is 15.5. The molecule has 1 spiro atoms. The van der Waals surface area contributed by atoms with Gasteiger partial charge in [0, 0.05) is 31.1 Å². The molecule has 32 heavy (non-hydrogen) atoms. The first kappa shape index (κ1) is 19.5. The molecule has 0 radical (unpaired) electrons. The van der Waals surface area contributed by atoms with E-state index < -0.39 is 5.54 Å². The summed E-state index contributed by atoms with van der Waals surface area (Å²) in [4.78, 5) is 34.4. The van der Waals surface area contributed by atoms with Crippen LogP contribution in [0.25, 0.3) is 11.1 Å². The Morgan fingerprint density at radius 2 is 1.59 bits per heavy atom. The molecule has 1 atom stereocenters. The van der Waals surface area contributed by atoms with Gasteiger partial charge in [-0.2, -0.15) is 0 Å². The summed E-state index contributed by atoms with van der Waals surface area (Å²) in [7, 11) is 0. The van der Waals surface area contributed by atoms with Crippen molar-refractivity contribution in [3.05, 3.63) is 54.1 Å². The minimum atomic E-state index is -0.535. The smallest absolute Gasteiger partial charge is 0.256 e. The van der Waals surface area contributed by atoms with Crippen LogP contribution < -0.4 is 0 Å². The third-order valence-electron chi connectivity index (χ3n) is 7.25. The number of hydrogen-bond donors (Lipinski definition) is 1. The van der Waals surface area contributed by atoms with E-state index in [2.05, 4.69) is 0 Å². The van der Waals surface area contributed by atoms with Crippen molar-refractivity contribution in [3.8, 4) is 16.9 Å². The number of phenols is 1. The van der Waals surface area contributed by atoms with Gasteiger partial charge in [0.25, 0.3) is 5.91 Å². The average molecular weight is 430 g/mol. The number of phenolic OH excluding ortho intramolecular Hbond substituents is 1. The molecule has 0 aromatic heterocycles. The fourth-order valence-corrected chi connectivity index (χ4v) is 4.99. The molecular weight excluding hydrogens is 402 g/mol. The molecule has 1 N–H and O–H groups in total. The molecule has 2 amide bonds. The first-order valence-electron chi connectivity index (χ1n) is 11.6. The molecule has 0 unspecified atom stereocenters. The van der Waals surface area contributed by atoms with E-state index in [1.165, 1.54) is 0 Å². The molecule has 2 aromatic rings. The van der Waals surface area contributed by atoms with Gasteiger partial charge in [0.1, 0.15) is 17.1 Å². The summed E-state index contributed by atoms with van der Waals surface area (Å²) >= 11 is 0. The van der Waals surface area contributed by atoms with Gasteiger partial charge in [0.2, 0.25) is 5.91 Å². The maximum atomic E-state index is 13.2. The SMILES string of the molecule is O=C(C1CC1)N1CC[C@@H](CN2C(=O)C3(CC3)N=C2c2ccc(-c3ccc(O)cc3)cc2)C1. The maximum absolute atomic E-state index is 13.2. The summed E-state index contributed by atoms with van der Waals surface area (Å²) in [5, 5.41) is 9.52. The molecule has 2 aromatic carbocycles. The highest BCUT2D eigenvalue weighted by Gasteiger charge is 2.57. The number of carbonyl (C=O) groups is 2. The van der Waals surface area contributed by atoms with Gasteiger partial charge in [0.15, 0.2) is 0 Å². The second kappa shape index (κ2) is 7.19. The Kier molecular flexibility index (Phi) is 4.39. The van der Waals surface area contributed by atoms with Crippen molar-refractivity contribution in [3.63, 3.8) is 0 Å². The fourth-order valence-electron chi connectivity index (χ4n) is 4.99. The van der Waals surface area contributed by atoms with Crippen molar-refractivity contribution in [1.82, 2.24) is 9.80 Å². The van der Waals surface area contributed by atoms with E-state index in [0.29, 0.717) is 18.4 Å². The van der Waals surface area contributed by atoms with Crippen LogP contribution in [0.3, 0.4) is 0 Å². The minimum absolute atomic E-state index is 0.127. The van der Waals surface area contributed by atoms with E-state index in [1.54, 1.807) is 12.1 Å². The molecule has 6 heteroatoms. The van der Waals surface area contributed by atoms with Gasteiger partial charge in [-0.25, -0.2) is 0 Å². The van der Waals surface area contributed by atoms with E-state index in [0.717, 1.165) is 67.7 Å². The Balaban J connectivity index is 1.21. The summed E-state index contributed by atoms with van der Waals surface area (Å²) in [5.41, 5.74) is 2.50. The van der Waals surface area contributed by atoms with Gasteiger partial charge in [0.05, 0.1) is 0 Å². The summed E-state index contributed by atoms with van der Waals surface area (Å²) < 4.78 is 0. The third kappa shape index (κ3) is 3.38. The number of benzene rings is 2. The van der Waals surface area contributed by atoms with Crippen molar-refractivity contribution in [2.45, 2.75) is 37.6 Å². The van der Waals surface area contributed by atoms with Crippen molar-refractivity contribution < 1.29 is 14.7 Å². The van der Waals surface area contributed by atoms with E-state index in [9.17, 15) is 14.7 Å². The molecule has 2 aliphatic heterocycles. The van der Waals surface area contributed by atoms with Crippen LogP contribution in [0.2, 0.25) is 0 Å². The average Bonchev–Trinajstić information content (AvgIpc) is 3.73. The number of rotatable bonds is 5. The lowest BCUT2D eigenvalue weighted by Gasteiger charge is -2.23. The van der Waals surface area contributed by atoms with Crippen LogP contribution in [-0.4, -0.2) is 57.7 Å². The largest absolute Gasteiger partial charge is 0.508 e. The number of nitrogens with zero attached hydrogens (tertiary/aromatic N) is 3. The molecule has 164 valence electrons. The second-order valence-corrected chi connectivity index (χ2v) is 9.72. The number of carbonyl (C=O) groups excluding carboxylic acids is 2. The zero-order valence-corrected chi connectivity index (χ0v) is 18.0. The van der Waals surface area contributed by atoms with Crippen molar-refractivity contribution >= 4 is 17.6 Å². The van der Waals surface area contributed by atoms with Crippen LogP contribution in [0, 0.1) is 11.8 Å². The lowest BCUT2D eigenvalue weighted by Crippen LogP contribution is -2.40. The quantitative estimate of drug-likeness (QED) is 0.791. The van der Waals surface area contributed by atoms with Crippen LogP contribution in [-0.2, 0) is 9.59 Å². The van der Waals surface area contributed by atoms with E-state index in [1.807, 2.05) is 46.2 Å². The zero-order chi connectivity index (χ0) is 21.9. The first-order valence-corrected chi connectivity index (χ1v) is 11.6. The van der Waals surface area contributed by atoms with Crippen LogP contribution in [0.4, 0.5) is 0 Å². The minimum Gasteiger partial charge on any atom is -0.508 e. The van der Waals surface area contributed by atoms with Gasteiger partial charge >= 0.3 is 0 Å². The van der Waals surface area contributed by atoms with Gasteiger partial charge in [-0.1, -0.05) is 36.4 Å². The molecule has 0 bridgehead atoms. The normalized spacial score (nSPS) is 23.7. The van der Waals surface area contributed by atoms with E-state index in [-0.39, 0.29) is 17.6 Å². The van der Waals surface area contributed by atoms with Crippen molar-refractivity contribution in [2.24, 2.45) is 16.8 Å². The zero-order valence-electron chi connectivity index (χ0n) is 18.0. The molecule has 2 heterocycles. The predicted molar refractivity (Wildman–Crippen MR) is 121 cm³/mol. The predicted octanol–water partition coefficient (Wildman–Crippen LogP) is 3.44. The molecule has 6 nitrogen and oxygen atoms in total. The summed E-state index contributed by atoms with van der Waals surface area (Å²) in [6.45, 7) is 2.19. The van der Waals surface area contributed by atoms with Gasteiger partial charge in [-0.3, -0.25) is 19.5 Å². The molecule has 1 saturated heterocycles. The number of likely N-dealkylation sites (tertiary alicyclic amines) is 1. The lowest BCUT2D eigenvalue weighted by molar-refractivity contribution is -0.131. The van der Waals surface area contributed by atoms with E-state index in [4.69, 9.17) is 4.99 Å². The summed E-state index contributed by atoms with van der Waals surface area (Å²) in [6, 6.07) is 15.3. The Bertz CT molecular complexity index is 1100. The topological polar surface area (TPSA) is 73.2 Å². The number of hydrogen-bond acceptors (Lipinski definition) is 4. The monoisotopic (exact) mass is 429 g/mol. The van der Waals surface area contributed by atoms with Crippen LogP contribution in [0.5, 0.6) is 5.75 Å². The fraction of sp³-hybridized carbons (Fsp3) is 0.423. The highest BCUT2D eigenvalue weighted by atomic mass is 16.3. The molecule has 3 fully saturated rings. The summed E-state index contributed by atoms with van der Waals surface area (Å²) in [5.74, 6) is 2.01. The number of amides is 2. The van der Waals surface area contributed by atoms with Gasteiger partial charge in [-0.05, 0) is 61.3 Å². The molecule has 2 aliphatic carbocycles. The Morgan fingerprint density at radius 3 is 2.22 bits per heavy atom.